The number of carbonyl (C=O) groups is 2. The summed E-state index contributed by atoms with van der Waals surface area (Å²) in [4.78, 5) is 31.7. The van der Waals surface area contributed by atoms with Crippen LogP contribution in [0.5, 0.6) is 5.75 Å². The Balaban J connectivity index is 1.15. The number of ether oxygens (including phenoxy) is 1. The quantitative estimate of drug-likeness (QED) is 0.796. The number of likely N-dealkylation sites (tertiary alicyclic amines) is 1. The van der Waals surface area contributed by atoms with Crippen LogP contribution in [0.1, 0.15) is 57.8 Å². The van der Waals surface area contributed by atoms with Crippen LogP contribution in [0.3, 0.4) is 0 Å². The van der Waals surface area contributed by atoms with Crippen LogP contribution in [0.2, 0.25) is 0 Å². The highest BCUT2D eigenvalue weighted by Crippen LogP contribution is 2.34. The van der Waals surface area contributed by atoms with E-state index in [9.17, 15) is 9.59 Å². The van der Waals surface area contributed by atoms with E-state index < -0.39 is 0 Å². The molecule has 2 heterocycles. The van der Waals surface area contributed by atoms with Gasteiger partial charge in [0.1, 0.15) is 11.8 Å². The van der Waals surface area contributed by atoms with Crippen molar-refractivity contribution in [2.75, 3.05) is 6.54 Å². The topological polar surface area (TPSA) is 71.5 Å². The van der Waals surface area contributed by atoms with Crippen molar-refractivity contribution in [2.45, 2.75) is 76.0 Å². The number of nitrogens with zero attached hydrogens (tertiary/aromatic N) is 2. The van der Waals surface area contributed by atoms with Gasteiger partial charge in [0.2, 0.25) is 11.8 Å². The molecule has 1 aromatic carbocycles. The van der Waals surface area contributed by atoms with Gasteiger partial charge < -0.3 is 15.0 Å². The summed E-state index contributed by atoms with van der Waals surface area (Å²) in [5.41, 5.74) is 0. The molecule has 6 heteroatoms. The number of nitrogens with one attached hydrogen (secondary N) is 1. The van der Waals surface area contributed by atoms with Gasteiger partial charge in [-0.15, -0.1) is 0 Å². The highest BCUT2D eigenvalue weighted by Gasteiger charge is 2.40. The summed E-state index contributed by atoms with van der Waals surface area (Å²) in [7, 11) is 0. The molecule has 2 aromatic rings. The SMILES string of the molecule is O=C(NC1CCC(Oc2cccc3cnccc23)CC1)C1CCCCN1C(=O)C1CC1. The van der Waals surface area contributed by atoms with Gasteiger partial charge in [0, 0.05) is 41.7 Å². The maximum atomic E-state index is 13.0. The standard InChI is InChI=1S/C25H31N3O3/c29-24(22-5-1-2-15-28(22)25(30)17-7-8-17)27-19-9-11-20(12-10-19)31-23-6-3-4-18-16-26-14-13-21(18)23/h3-4,6,13-14,16-17,19-20,22H,1-2,5,7-12,15H2,(H,27,29). The zero-order valence-electron chi connectivity index (χ0n) is 18.0. The first-order valence-corrected chi connectivity index (χ1v) is 11.8. The lowest BCUT2D eigenvalue weighted by Gasteiger charge is -2.37. The molecular weight excluding hydrogens is 390 g/mol. The second kappa shape index (κ2) is 8.85. The van der Waals surface area contributed by atoms with Gasteiger partial charge in [0.15, 0.2) is 0 Å². The Morgan fingerprint density at radius 3 is 2.65 bits per heavy atom. The molecule has 3 aliphatic rings. The minimum Gasteiger partial charge on any atom is -0.490 e. The summed E-state index contributed by atoms with van der Waals surface area (Å²) >= 11 is 0. The first-order chi connectivity index (χ1) is 15.2. The van der Waals surface area contributed by atoms with Crippen molar-refractivity contribution in [1.82, 2.24) is 15.2 Å². The molecule has 2 saturated carbocycles. The molecule has 164 valence electrons. The second-order valence-corrected chi connectivity index (χ2v) is 9.27. The monoisotopic (exact) mass is 421 g/mol. The molecule has 2 amide bonds. The number of pyridine rings is 1. The largest absolute Gasteiger partial charge is 0.490 e. The van der Waals surface area contributed by atoms with Crippen molar-refractivity contribution in [3.8, 4) is 5.75 Å². The Kier molecular flexibility index (Phi) is 5.79. The van der Waals surface area contributed by atoms with Gasteiger partial charge in [-0.2, -0.15) is 0 Å². The lowest BCUT2D eigenvalue weighted by molar-refractivity contribution is -0.143. The van der Waals surface area contributed by atoms with Crippen LogP contribution in [-0.4, -0.2) is 46.4 Å². The number of hydrogen-bond donors (Lipinski definition) is 1. The van der Waals surface area contributed by atoms with E-state index in [0.717, 1.165) is 80.9 Å². The van der Waals surface area contributed by atoms with E-state index in [2.05, 4.69) is 10.3 Å². The molecule has 5 rings (SSSR count). The van der Waals surface area contributed by atoms with E-state index in [-0.39, 0.29) is 35.9 Å². The zero-order chi connectivity index (χ0) is 21.2. The van der Waals surface area contributed by atoms with Crippen LogP contribution in [0.4, 0.5) is 0 Å². The van der Waals surface area contributed by atoms with Crippen LogP contribution in [0.25, 0.3) is 10.8 Å². The average Bonchev–Trinajstić information content (AvgIpc) is 3.66. The van der Waals surface area contributed by atoms with Gasteiger partial charge in [-0.3, -0.25) is 14.6 Å². The minimum atomic E-state index is -0.278. The molecule has 2 aliphatic carbocycles. The number of fused-ring (bicyclic) bond motifs is 1. The van der Waals surface area contributed by atoms with Gasteiger partial charge in [0.05, 0.1) is 6.10 Å². The van der Waals surface area contributed by atoms with Crippen molar-refractivity contribution in [3.63, 3.8) is 0 Å². The van der Waals surface area contributed by atoms with Crippen LogP contribution < -0.4 is 10.1 Å². The summed E-state index contributed by atoms with van der Waals surface area (Å²) < 4.78 is 6.33. The van der Waals surface area contributed by atoms with Crippen LogP contribution in [-0.2, 0) is 9.59 Å². The number of aromatic nitrogens is 1. The van der Waals surface area contributed by atoms with E-state index in [4.69, 9.17) is 4.74 Å². The van der Waals surface area contributed by atoms with Crippen LogP contribution in [0.15, 0.2) is 36.7 Å². The lowest BCUT2D eigenvalue weighted by Crippen LogP contribution is -2.54. The number of amides is 2. The molecule has 1 atom stereocenters. The normalized spacial score (nSPS) is 26.5. The number of carbonyl (C=O) groups excluding carboxylic acids is 2. The van der Waals surface area contributed by atoms with Gasteiger partial charge in [-0.1, -0.05) is 12.1 Å². The van der Waals surface area contributed by atoms with Crippen LogP contribution >= 0.6 is 0 Å². The average molecular weight is 422 g/mol. The molecule has 0 spiro atoms. The summed E-state index contributed by atoms with van der Waals surface area (Å²) in [5.74, 6) is 1.32. The Hall–Kier alpha value is -2.63. The van der Waals surface area contributed by atoms with E-state index in [0.29, 0.717) is 0 Å². The van der Waals surface area contributed by atoms with Gasteiger partial charge in [0.25, 0.3) is 0 Å². The van der Waals surface area contributed by atoms with E-state index in [1.165, 1.54) is 0 Å². The fourth-order valence-electron chi connectivity index (χ4n) is 5.03. The third-order valence-electron chi connectivity index (χ3n) is 6.97. The van der Waals surface area contributed by atoms with Crippen molar-refractivity contribution >= 4 is 22.6 Å². The van der Waals surface area contributed by atoms with E-state index >= 15 is 0 Å². The van der Waals surface area contributed by atoms with Gasteiger partial charge in [-0.25, -0.2) is 0 Å². The second-order valence-electron chi connectivity index (χ2n) is 9.27. The van der Waals surface area contributed by atoms with E-state index in [1.807, 2.05) is 35.4 Å². The van der Waals surface area contributed by atoms with Gasteiger partial charge >= 0.3 is 0 Å². The zero-order valence-corrected chi connectivity index (χ0v) is 18.0. The molecule has 1 unspecified atom stereocenters. The summed E-state index contributed by atoms with van der Waals surface area (Å²) in [6, 6.07) is 7.96. The predicted octanol–water partition coefficient (Wildman–Crippen LogP) is 3.83. The molecule has 3 fully saturated rings. The maximum absolute atomic E-state index is 13.0. The smallest absolute Gasteiger partial charge is 0.243 e. The number of hydrogen-bond acceptors (Lipinski definition) is 4. The van der Waals surface area contributed by atoms with Crippen molar-refractivity contribution in [1.29, 1.82) is 0 Å². The van der Waals surface area contributed by atoms with Crippen LogP contribution in [0, 0.1) is 5.92 Å². The Labute approximate surface area is 183 Å². The molecule has 0 radical (unpaired) electrons. The number of rotatable bonds is 5. The minimum absolute atomic E-state index is 0.0413. The highest BCUT2D eigenvalue weighted by molar-refractivity contribution is 5.90. The summed E-state index contributed by atoms with van der Waals surface area (Å²) in [6.45, 7) is 0.731. The first-order valence-electron chi connectivity index (χ1n) is 11.8. The van der Waals surface area contributed by atoms with Crippen molar-refractivity contribution < 1.29 is 14.3 Å². The fraction of sp³-hybridized carbons (Fsp3) is 0.560. The maximum Gasteiger partial charge on any atom is 0.243 e. The van der Waals surface area contributed by atoms with E-state index in [1.54, 1.807) is 6.20 Å². The Morgan fingerprint density at radius 2 is 1.84 bits per heavy atom. The Morgan fingerprint density at radius 1 is 1.00 bits per heavy atom. The van der Waals surface area contributed by atoms with Gasteiger partial charge in [-0.05, 0) is 69.9 Å². The fourth-order valence-corrected chi connectivity index (χ4v) is 5.03. The third-order valence-corrected chi connectivity index (χ3v) is 6.97. The Bertz CT molecular complexity index is 945. The first kappa shape index (κ1) is 20.3. The summed E-state index contributed by atoms with van der Waals surface area (Å²) in [6.07, 6.45) is 12.3. The molecule has 1 aromatic heterocycles. The van der Waals surface area contributed by atoms with Crippen molar-refractivity contribution in [2.24, 2.45) is 5.92 Å². The molecular formula is C25H31N3O3. The highest BCUT2D eigenvalue weighted by atomic mass is 16.5. The molecule has 31 heavy (non-hydrogen) atoms. The number of benzene rings is 1. The number of piperidine rings is 1. The molecule has 1 N–H and O–H groups in total. The lowest BCUT2D eigenvalue weighted by atomic mass is 9.92. The van der Waals surface area contributed by atoms with Crippen molar-refractivity contribution in [3.05, 3.63) is 36.7 Å². The predicted molar refractivity (Wildman–Crippen MR) is 119 cm³/mol. The third kappa shape index (κ3) is 4.53. The molecule has 0 bridgehead atoms. The molecule has 6 nitrogen and oxygen atoms in total. The molecule has 1 saturated heterocycles. The molecule has 1 aliphatic heterocycles. The summed E-state index contributed by atoms with van der Waals surface area (Å²) in [5, 5.41) is 5.42.